The third kappa shape index (κ3) is 5.28. The summed E-state index contributed by atoms with van der Waals surface area (Å²) < 4.78 is 7.59. The first-order valence-corrected chi connectivity index (χ1v) is 13.1. The molecule has 0 unspecified atom stereocenters. The topological polar surface area (TPSA) is 92.8 Å². The Morgan fingerprint density at radius 2 is 1.89 bits per heavy atom. The first-order chi connectivity index (χ1) is 18.2. The maximum Gasteiger partial charge on any atom is 0.253 e. The molecule has 0 saturated heterocycles. The number of furan rings is 1. The highest BCUT2D eigenvalue weighted by molar-refractivity contribution is 6.30. The van der Waals surface area contributed by atoms with Gasteiger partial charge in [-0.05, 0) is 90.5 Å². The smallest absolute Gasteiger partial charge is 0.253 e. The largest absolute Gasteiger partial charge is 0.468 e. The number of hydrogen-bond donors (Lipinski definition) is 1. The third-order valence-electron chi connectivity index (χ3n) is 7.10. The van der Waals surface area contributed by atoms with Gasteiger partial charge in [0.2, 0.25) is 0 Å². The van der Waals surface area contributed by atoms with Crippen LogP contribution in [0.1, 0.15) is 61.5 Å². The Bertz CT molecular complexity index is 1590. The molecule has 0 bridgehead atoms. The average Bonchev–Trinajstić information content (AvgIpc) is 3.59. The number of rotatable bonds is 9. The molecule has 0 aliphatic heterocycles. The van der Waals surface area contributed by atoms with Crippen LogP contribution in [0.15, 0.2) is 76.1 Å². The van der Waals surface area contributed by atoms with Crippen molar-refractivity contribution in [1.29, 1.82) is 0 Å². The van der Waals surface area contributed by atoms with Crippen LogP contribution in [0.2, 0.25) is 5.02 Å². The second kappa shape index (κ2) is 10.6. The van der Waals surface area contributed by atoms with Gasteiger partial charge in [-0.15, -0.1) is 5.10 Å². The van der Waals surface area contributed by atoms with Crippen LogP contribution in [0, 0.1) is 6.92 Å². The third-order valence-corrected chi connectivity index (χ3v) is 7.36. The molecule has 0 aliphatic rings. The first-order valence-electron chi connectivity index (χ1n) is 12.7. The molecule has 2 aromatic carbocycles. The van der Waals surface area contributed by atoms with Gasteiger partial charge in [0.15, 0.2) is 5.82 Å². The van der Waals surface area contributed by atoms with Gasteiger partial charge in [0.25, 0.3) is 5.56 Å². The van der Waals surface area contributed by atoms with Crippen molar-refractivity contribution in [2.45, 2.75) is 58.8 Å². The molecule has 38 heavy (non-hydrogen) atoms. The highest BCUT2D eigenvalue weighted by Crippen LogP contribution is 2.33. The van der Waals surface area contributed by atoms with Crippen molar-refractivity contribution in [2.75, 3.05) is 0 Å². The molecular weight excluding hydrogens is 500 g/mol. The van der Waals surface area contributed by atoms with E-state index in [1.807, 2.05) is 72.3 Å². The van der Waals surface area contributed by atoms with Crippen LogP contribution >= 0.6 is 11.6 Å². The number of aryl methyl sites for hydroxylation is 1. The molecule has 3 aromatic heterocycles. The summed E-state index contributed by atoms with van der Waals surface area (Å²) in [6.45, 7) is 9.23. The van der Waals surface area contributed by atoms with Crippen LogP contribution in [0.25, 0.3) is 10.9 Å². The monoisotopic (exact) mass is 530 g/mol. The predicted octanol–water partition coefficient (Wildman–Crippen LogP) is 6.01. The molecule has 1 atom stereocenters. The van der Waals surface area contributed by atoms with Gasteiger partial charge in [-0.1, -0.05) is 42.8 Å². The van der Waals surface area contributed by atoms with E-state index in [0.717, 1.165) is 34.2 Å². The van der Waals surface area contributed by atoms with Crippen LogP contribution in [0.5, 0.6) is 0 Å². The van der Waals surface area contributed by atoms with E-state index in [9.17, 15) is 4.79 Å². The van der Waals surface area contributed by atoms with Gasteiger partial charge in [0, 0.05) is 22.6 Å². The zero-order chi connectivity index (χ0) is 26.9. The molecule has 5 aromatic rings. The molecule has 3 heterocycles. The van der Waals surface area contributed by atoms with E-state index in [-0.39, 0.29) is 11.1 Å². The fourth-order valence-electron chi connectivity index (χ4n) is 4.64. The minimum Gasteiger partial charge on any atom is -0.468 e. The SMILES string of the molecule is CCC(C)(C)n1nnnc1[C@@H](c1cc2ccc(C)cc2[nH]c1=O)N(Cc1ccc(Cl)cc1)Cc1ccco1. The summed E-state index contributed by atoms with van der Waals surface area (Å²) in [6.07, 6.45) is 2.46. The van der Waals surface area contributed by atoms with Crippen LogP contribution in [-0.4, -0.2) is 30.1 Å². The number of pyridine rings is 1. The van der Waals surface area contributed by atoms with Crippen molar-refractivity contribution in [3.8, 4) is 0 Å². The van der Waals surface area contributed by atoms with Crippen LogP contribution in [0.4, 0.5) is 0 Å². The van der Waals surface area contributed by atoms with Gasteiger partial charge < -0.3 is 9.40 Å². The van der Waals surface area contributed by atoms with Crippen molar-refractivity contribution in [2.24, 2.45) is 0 Å². The Kier molecular flexibility index (Phi) is 7.19. The van der Waals surface area contributed by atoms with Crippen LogP contribution in [0.3, 0.4) is 0 Å². The van der Waals surface area contributed by atoms with Gasteiger partial charge in [-0.3, -0.25) is 9.69 Å². The summed E-state index contributed by atoms with van der Waals surface area (Å²) in [6, 6.07) is 18.9. The lowest BCUT2D eigenvalue weighted by molar-refractivity contribution is 0.168. The van der Waals surface area contributed by atoms with Crippen LogP contribution in [-0.2, 0) is 18.6 Å². The molecule has 8 nitrogen and oxygen atoms in total. The van der Waals surface area contributed by atoms with E-state index >= 15 is 0 Å². The number of aromatic nitrogens is 5. The van der Waals surface area contributed by atoms with Crippen molar-refractivity contribution in [1.82, 2.24) is 30.1 Å². The van der Waals surface area contributed by atoms with E-state index in [4.69, 9.17) is 16.0 Å². The van der Waals surface area contributed by atoms with Crippen molar-refractivity contribution < 1.29 is 4.42 Å². The van der Waals surface area contributed by atoms with Crippen LogP contribution < -0.4 is 5.56 Å². The number of nitrogens with zero attached hydrogens (tertiary/aromatic N) is 5. The Morgan fingerprint density at radius 1 is 1.11 bits per heavy atom. The van der Waals surface area contributed by atoms with E-state index in [0.29, 0.717) is 29.5 Å². The second-order valence-electron chi connectivity index (χ2n) is 10.3. The van der Waals surface area contributed by atoms with Gasteiger partial charge in [0.1, 0.15) is 11.8 Å². The quantitative estimate of drug-likeness (QED) is 0.251. The molecule has 0 amide bonds. The normalized spacial score (nSPS) is 12.9. The van der Waals surface area contributed by atoms with E-state index in [1.165, 1.54) is 0 Å². The highest BCUT2D eigenvalue weighted by atomic mass is 35.5. The van der Waals surface area contributed by atoms with E-state index in [2.05, 4.69) is 46.2 Å². The number of nitrogens with one attached hydrogen (secondary N) is 1. The van der Waals surface area contributed by atoms with Crippen molar-refractivity contribution in [3.63, 3.8) is 0 Å². The molecule has 5 rings (SSSR count). The standard InChI is InChI=1S/C29H31ClN6O2/c1-5-29(3,4)36-27(32-33-34-36)26(24-16-21-11-8-19(2)15-25(21)31-28(24)37)35(18-23-7-6-14-38-23)17-20-9-12-22(30)13-10-20/h6-16,26H,5,17-18H2,1-4H3,(H,31,37)/t26-/m1/s1. The number of aromatic amines is 1. The molecular formula is C29H31ClN6O2. The lowest BCUT2D eigenvalue weighted by Gasteiger charge is -2.33. The lowest BCUT2D eigenvalue weighted by Crippen LogP contribution is -2.38. The van der Waals surface area contributed by atoms with E-state index < -0.39 is 6.04 Å². The summed E-state index contributed by atoms with van der Waals surface area (Å²) in [4.78, 5) is 19.0. The maximum absolute atomic E-state index is 13.7. The van der Waals surface area contributed by atoms with Crippen molar-refractivity contribution in [3.05, 3.63) is 111 Å². The minimum atomic E-state index is -0.564. The summed E-state index contributed by atoms with van der Waals surface area (Å²) in [5.74, 6) is 1.36. The number of halogens is 1. The minimum absolute atomic E-state index is 0.183. The summed E-state index contributed by atoms with van der Waals surface area (Å²) in [5, 5.41) is 14.6. The zero-order valence-electron chi connectivity index (χ0n) is 22.0. The molecule has 0 fully saturated rings. The molecule has 9 heteroatoms. The first kappa shape index (κ1) is 25.9. The Hall–Kier alpha value is -3.75. The lowest BCUT2D eigenvalue weighted by atomic mass is 9.98. The molecule has 196 valence electrons. The van der Waals surface area contributed by atoms with Gasteiger partial charge in [-0.25, -0.2) is 4.68 Å². The summed E-state index contributed by atoms with van der Waals surface area (Å²) in [7, 11) is 0. The zero-order valence-corrected chi connectivity index (χ0v) is 22.7. The molecule has 0 saturated carbocycles. The number of benzene rings is 2. The summed E-state index contributed by atoms with van der Waals surface area (Å²) >= 11 is 6.17. The van der Waals surface area contributed by atoms with Gasteiger partial charge in [-0.2, -0.15) is 0 Å². The number of H-pyrrole nitrogens is 1. The second-order valence-corrected chi connectivity index (χ2v) is 10.7. The molecule has 0 radical (unpaired) electrons. The predicted molar refractivity (Wildman–Crippen MR) is 148 cm³/mol. The maximum atomic E-state index is 13.7. The number of hydrogen-bond acceptors (Lipinski definition) is 6. The molecule has 0 spiro atoms. The van der Waals surface area contributed by atoms with Gasteiger partial charge in [0.05, 0.1) is 18.3 Å². The Balaban J connectivity index is 1.72. The fraction of sp³-hybridized carbons (Fsp3) is 0.310. The Labute approximate surface area is 226 Å². The average molecular weight is 531 g/mol. The highest BCUT2D eigenvalue weighted by Gasteiger charge is 2.35. The van der Waals surface area contributed by atoms with Gasteiger partial charge >= 0.3 is 0 Å². The Morgan fingerprint density at radius 3 is 2.61 bits per heavy atom. The number of tetrazole rings is 1. The molecule has 0 aliphatic carbocycles. The van der Waals surface area contributed by atoms with Crippen molar-refractivity contribution >= 4 is 22.5 Å². The summed E-state index contributed by atoms with van der Waals surface area (Å²) in [5.41, 5.74) is 2.92. The molecule has 1 N–H and O–H groups in total. The number of fused-ring (bicyclic) bond motifs is 1. The van der Waals surface area contributed by atoms with E-state index in [1.54, 1.807) is 6.26 Å². The fourth-order valence-corrected chi connectivity index (χ4v) is 4.77.